The molecular weight excluding hydrogens is 432 g/mol. The van der Waals surface area contributed by atoms with Crippen LogP contribution in [0.1, 0.15) is 42.5 Å². The fourth-order valence-corrected chi connectivity index (χ4v) is 5.28. The maximum Gasteiger partial charge on any atom is 0.295 e. The average molecular weight is 459 g/mol. The lowest BCUT2D eigenvalue weighted by Gasteiger charge is -2.35. The number of amides is 1. The van der Waals surface area contributed by atoms with Gasteiger partial charge in [-0.1, -0.05) is 19.3 Å². The van der Waals surface area contributed by atoms with Gasteiger partial charge in [-0.3, -0.25) is 14.4 Å². The minimum atomic E-state index is -1.02. The van der Waals surface area contributed by atoms with E-state index >= 15 is 0 Å². The topological polar surface area (TPSA) is 89.7 Å². The molecular formula is C27H26N2O5. The van der Waals surface area contributed by atoms with E-state index in [2.05, 4.69) is 4.98 Å². The van der Waals surface area contributed by atoms with Crippen molar-refractivity contribution < 1.29 is 23.5 Å². The monoisotopic (exact) mass is 458 g/mol. The molecule has 7 heteroatoms. The third-order valence-corrected chi connectivity index (χ3v) is 6.97. The molecule has 2 aliphatic rings. The number of nitrogens with zero attached hydrogens (tertiary/aromatic N) is 2. The Balaban J connectivity index is 1.52. The van der Waals surface area contributed by atoms with Gasteiger partial charge < -0.3 is 14.1 Å². The summed E-state index contributed by atoms with van der Waals surface area (Å²) >= 11 is 0. The molecule has 2 fully saturated rings. The van der Waals surface area contributed by atoms with Gasteiger partial charge in [-0.15, -0.1) is 0 Å². The Kier molecular flexibility index (Phi) is 6.01. The SMILES string of the molecule is COc1ccc(C(=O)C2C(=O)C(=O)N(c3ccc(-c4ncco4)cc3)C2C2CCCCC2)cc1. The van der Waals surface area contributed by atoms with Crippen LogP contribution in [0.15, 0.2) is 65.4 Å². The van der Waals surface area contributed by atoms with Crippen molar-refractivity contribution in [1.29, 1.82) is 0 Å². The molecule has 1 aromatic heterocycles. The lowest BCUT2D eigenvalue weighted by molar-refractivity contribution is -0.135. The molecule has 1 amide bonds. The molecule has 1 aliphatic carbocycles. The van der Waals surface area contributed by atoms with Gasteiger partial charge in [0.05, 0.1) is 19.3 Å². The highest BCUT2D eigenvalue weighted by atomic mass is 16.5. The number of methoxy groups -OCH3 is 1. The highest BCUT2D eigenvalue weighted by Crippen LogP contribution is 2.41. The van der Waals surface area contributed by atoms with Crippen LogP contribution in [0, 0.1) is 11.8 Å². The predicted molar refractivity (Wildman–Crippen MR) is 126 cm³/mol. The Bertz CT molecular complexity index is 1180. The van der Waals surface area contributed by atoms with E-state index in [0.717, 1.165) is 37.7 Å². The Hall–Kier alpha value is -3.74. The van der Waals surface area contributed by atoms with Crippen LogP contribution in [-0.4, -0.2) is 35.6 Å². The fourth-order valence-electron chi connectivity index (χ4n) is 5.28. The fraction of sp³-hybridized carbons (Fsp3) is 0.333. The summed E-state index contributed by atoms with van der Waals surface area (Å²) in [5, 5.41) is 0. The summed E-state index contributed by atoms with van der Waals surface area (Å²) in [6.45, 7) is 0. The summed E-state index contributed by atoms with van der Waals surface area (Å²) in [4.78, 5) is 45.9. The van der Waals surface area contributed by atoms with Gasteiger partial charge >= 0.3 is 0 Å². The van der Waals surface area contributed by atoms with E-state index in [0.29, 0.717) is 22.9 Å². The van der Waals surface area contributed by atoms with Crippen molar-refractivity contribution in [1.82, 2.24) is 4.98 Å². The third kappa shape index (κ3) is 3.91. The molecule has 1 aliphatic heterocycles. The predicted octanol–water partition coefficient (Wildman–Crippen LogP) is 4.71. The van der Waals surface area contributed by atoms with Crippen molar-refractivity contribution in [3.8, 4) is 17.2 Å². The van der Waals surface area contributed by atoms with Gasteiger partial charge in [-0.05, 0) is 67.3 Å². The number of rotatable bonds is 6. The number of hydrogen-bond donors (Lipinski definition) is 0. The minimum absolute atomic E-state index is 0.0859. The summed E-state index contributed by atoms with van der Waals surface area (Å²) < 4.78 is 10.5. The lowest BCUT2D eigenvalue weighted by atomic mass is 9.76. The number of aromatic nitrogens is 1. The van der Waals surface area contributed by atoms with Crippen molar-refractivity contribution in [2.24, 2.45) is 11.8 Å². The van der Waals surface area contributed by atoms with Crippen LogP contribution in [-0.2, 0) is 9.59 Å². The third-order valence-electron chi connectivity index (χ3n) is 6.97. The van der Waals surface area contributed by atoms with Crippen LogP contribution in [0.2, 0.25) is 0 Å². The van der Waals surface area contributed by atoms with Crippen molar-refractivity contribution in [2.45, 2.75) is 38.1 Å². The summed E-state index contributed by atoms with van der Waals surface area (Å²) in [7, 11) is 1.56. The number of ether oxygens (including phenoxy) is 1. The Morgan fingerprint density at radius 3 is 2.32 bits per heavy atom. The molecule has 34 heavy (non-hydrogen) atoms. The second kappa shape index (κ2) is 9.25. The Morgan fingerprint density at radius 1 is 1.00 bits per heavy atom. The van der Waals surface area contributed by atoms with Gasteiger partial charge in [-0.2, -0.15) is 0 Å². The van der Waals surface area contributed by atoms with Crippen LogP contribution in [0.5, 0.6) is 5.75 Å². The second-order valence-electron chi connectivity index (χ2n) is 8.88. The molecule has 7 nitrogen and oxygen atoms in total. The second-order valence-corrected chi connectivity index (χ2v) is 8.88. The standard InChI is InChI=1S/C27H26N2O5/c1-33-21-13-9-18(10-14-21)24(30)22-23(17-5-3-2-4-6-17)29(27(32)25(22)31)20-11-7-19(8-12-20)26-28-15-16-34-26/h7-17,22-23H,2-6H2,1H3. The molecule has 5 rings (SSSR count). The summed E-state index contributed by atoms with van der Waals surface area (Å²) in [5.41, 5.74) is 1.79. The van der Waals surface area contributed by atoms with Crippen LogP contribution < -0.4 is 9.64 Å². The minimum Gasteiger partial charge on any atom is -0.497 e. The van der Waals surface area contributed by atoms with E-state index in [-0.39, 0.29) is 11.7 Å². The maximum absolute atomic E-state index is 13.6. The summed E-state index contributed by atoms with van der Waals surface area (Å²) in [6, 6.07) is 13.4. The molecule has 1 saturated heterocycles. The van der Waals surface area contributed by atoms with Crippen LogP contribution in [0.25, 0.3) is 11.5 Å². The lowest BCUT2D eigenvalue weighted by Crippen LogP contribution is -2.43. The van der Waals surface area contributed by atoms with Crippen LogP contribution in [0.4, 0.5) is 5.69 Å². The molecule has 2 unspecified atom stereocenters. The largest absolute Gasteiger partial charge is 0.497 e. The number of ketones is 2. The number of Topliss-reactive ketones (excluding diaryl/α,β-unsaturated/α-hetero) is 2. The number of carbonyl (C=O) groups excluding carboxylic acids is 3. The zero-order chi connectivity index (χ0) is 23.7. The first-order chi connectivity index (χ1) is 16.6. The average Bonchev–Trinajstić information content (AvgIpc) is 3.52. The molecule has 2 aromatic carbocycles. The van der Waals surface area contributed by atoms with Gasteiger partial charge in [0.2, 0.25) is 11.7 Å². The quantitative estimate of drug-likeness (QED) is 0.302. The number of oxazole rings is 1. The van der Waals surface area contributed by atoms with E-state index in [4.69, 9.17) is 9.15 Å². The van der Waals surface area contributed by atoms with Crippen molar-refractivity contribution in [3.05, 3.63) is 66.6 Å². The molecule has 174 valence electrons. The van der Waals surface area contributed by atoms with E-state index in [9.17, 15) is 14.4 Å². The highest BCUT2D eigenvalue weighted by Gasteiger charge is 2.54. The van der Waals surface area contributed by atoms with E-state index < -0.39 is 23.7 Å². The van der Waals surface area contributed by atoms with Crippen LogP contribution in [0.3, 0.4) is 0 Å². The zero-order valence-electron chi connectivity index (χ0n) is 19.0. The summed E-state index contributed by atoms with van der Waals surface area (Å²) in [5.74, 6) is -1.39. The molecule has 2 heterocycles. The number of hydrogen-bond acceptors (Lipinski definition) is 6. The first-order valence-electron chi connectivity index (χ1n) is 11.6. The number of anilines is 1. The number of benzene rings is 2. The molecule has 0 bridgehead atoms. The molecule has 0 radical (unpaired) electrons. The van der Waals surface area contributed by atoms with Crippen molar-refractivity contribution >= 4 is 23.2 Å². The van der Waals surface area contributed by atoms with Gasteiger partial charge in [0.15, 0.2) is 5.78 Å². The van der Waals surface area contributed by atoms with E-state index in [1.807, 2.05) is 12.1 Å². The van der Waals surface area contributed by atoms with E-state index in [1.165, 1.54) is 6.26 Å². The molecule has 3 aromatic rings. The van der Waals surface area contributed by atoms with Gasteiger partial charge in [0, 0.05) is 16.8 Å². The highest BCUT2D eigenvalue weighted by molar-refractivity contribution is 6.49. The smallest absolute Gasteiger partial charge is 0.295 e. The summed E-state index contributed by atoms with van der Waals surface area (Å²) in [6.07, 6.45) is 8.05. The maximum atomic E-state index is 13.6. The Morgan fingerprint density at radius 2 is 1.71 bits per heavy atom. The van der Waals surface area contributed by atoms with Crippen LogP contribution >= 0.6 is 0 Å². The molecule has 0 spiro atoms. The molecule has 2 atom stereocenters. The first kappa shape index (κ1) is 22.1. The first-order valence-corrected chi connectivity index (χ1v) is 11.6. The van der Waals surface area contributed by atoms with E-state index in [1.54, 1.807) is 54.6 Å². The van der Waals surface area contributed by atoms with Gasteiger partial charge in [-0.25, -0.2) is 4.98 Å². The van der Waals surface area contributed by atoms with Crippen molar-refractivity contribution in [2.75, 3.05) is 12.0 Å². The van der Waals surface area contributed by atoms with Gasteiger partial charge in [0.1, 0.15) is 17.9 Å². The molecule has 0 N–H and O–H groups in total. The van der Waals surface area contributed by atoms with Gasteiger partial charge in [0.25, 0.3) is 5.91 Å². The normalized spacial score (nSPS) is 21.1. The zero-order valence-corrected chi connectivity index (χ0v) is 19.0. The number of carbonyl (C=O) groups is 3. The molecule has 1 saturated carbocycles. The Labute approximate surface area is 197 Å². The van der Waals surface area contributed by atoms with Crippen molar-refractivity contribution in [3.63, 3.8) is 0 Å².